The van der Waals surface area contributed by atoms with Gasteiger partial charge < -0.3 is 35.0 Å². The smallest absolute Gasteiger partial charge is 0.242 e. The summed E-state index contributed by atoms with van der Waals surface area (Å²) in [4.78, 5) is 59.0. The van der Waals surface area contributed by atoms with E-state index in [1.54, 1.807) is 44.9 Å². The van der Waals surface area contributed by atoms with Crippen LogP contribution in [0.4, 0.5) is 0 Å². The molecule has 0 radical (unpaired) electrons. The number of aliphatic hydroxyl groups is 1. The van der Waals surface area contributed by atoms with E-state index in [0.29, 0.717) is 13.0 Å². The summed E-state index contributed by atoms with van der Waals surface area (Å²) in [5.74, 6) is -1.40. The van der Waals surface area contributed by atoms with Gasteiger partial charge in [0.2, 0.25) is 23.6 Å². The number of hydrogen-bond donors (Lipinski definition) is 3. The lowest BCUT2D eigenvalue weighted by molar-refractivity contribution is -0.146. The number of hydrogen-bond acceptors (Lipinski definition) is 8. The molecule has 284 valence electrons. The minimum absolute atomic E-state index is 0.00431. The summed E-state index contributed by atoms with van der Waals surface area (Å²) < 4.78 is 11.8. The first-order chi connectivity index (χ1) is 23.5. The average molecular weight is 704 g/mol. The minimum atomic E-state index is -0.877. The number of carbonyl (C=O) groups excluding carboxylic acids is 4. The van der Waals surface area contributed by atoms with Gasteiger partial charge in [0.05, 0.1) is 61.4 Å². The molecule has 0 aliphatic carbocycles. The lowest BCUT2D eigenvalue weighted by Gasteiger charge is -2.39. The molecule has 1 fully saturated rings. The van der Waals surface area contributed by atoms with E-state index in [4.69, 9.17) is 9.47 Å². The fourth-order valence-electron chi connectivity index (χ4n) is 7.34. The van der Waals surface area contributed by atoms with E-state index in [0.717, 1.165) is 24.0 Å². The molecule has 50 heavy (non-hydrogen) atoms. The summed E-state index contributed by atoms with van der Waals surface area (Å²) in [6.07, 6.45) is 0.193. The number of rotatable bonds is 19. The number of nitrogens with one attached hydrogen (secondary N) is 2. The molecule has 1 aliphatic rings. The van der Waals surface area contributed by atoms with Crippen LogP contribution in [0.5, 0.6) is 0 Å². The summed E-state index contributed by atoms with van der Waals surface area (Å²) in [7, 11) is 8.48. The van der Waals surface area contributed by atoms with Crippen LogP contribution in [0.25, 0.3) is 0 Å². The van der Waals surface area contributed by atoms with Crippen molar-refractivity contribution in [2.45, 2.75) is 117 Å². The second-order valence-electron chi connectivity index (χ2n) is 14.7. The summed E-state index contributed by atoms with van der Waals surface area (Å²) >= 11 is 0. The Balaban J connectivity index is 2.15. The van der Waals surface area contributed by atoms with Crippen molar-refractivity contribution in [3.8, 4) is 0 Å². The molecule has 1 aliphatic heterocycles. The fourth-order valence-corrected chi connectivity index (χ4v) is 7.34. The minimum Gasteiger partial charge on any atom is -0.386 e. The standard InChI is InChI=1S/C38H65N5O7/c1-13-25(5)34(42(10)32(45)22-39-38(48)33(23(2)3)41(8)9)30(49-11)21-31(44)43-20-14-15-29(43)36(50-12)26(6)37(47)40-27(7)35(46)28-18-16-24(4)17-19-28/h16-19,23,25-27,29-30,33-36,46H,13-15,20-22H2,1-12H3,(H,39,48)(H,40,47)/t25?,26-,27-,29+,30?,33+,34+,35-,36-/m1/s1. The molecule has 3 N–H and O–H groups in total. The fraction of sp³-hybridized carbons (Fsp3) is 0.737. The number of nitrogens with zero attached hydrogens (tertiary/aromatic N) is 3. The monoisotopic (exact) mass is 703 g/mol. The zero-order valence-corrected chi connectivity index (χ0v) is 32.6. The van der Waals surface area contributed by atoms with Crippen LogP contribution >= 0.6 is 0 Å². The lowest BCUT2D eigenvalue weighted by atomic mass is 9.90. The molecular weight excluding hydrogens is 638 g/mol. The second-order valence-corrected chi connectivity index (χ2v) is 14.7. The molecule has 12 nitrogen and oxygen atoms in total. The van der Waals surface area contributed by atoms with Gasteiger partial charge in [-0.25, -0.2) is 0 Å². The maximum Gasteiger partial charge on any atom is 0.242 e. The third-order valence-electron chi connectivity index (χ3n) is 10.4. The molecule has 0 aromatic heterocycles. The Morgan fingerprint density at radius 3 is 2.12 bits per heavy atom. The number of likely N-dealkylation sites (tertiary alicyclic amines) is 1. The Morgan fingerprint density at radius 1 is 0.980 bits per heavy atom. The first-order valence-corrected chi connectivity index (χ1v) is 18.1. The van der Waals surface area contributed by atoms with Gasteiger partial charge in [-0.05, 0) is 58.2 Å². The highest BCUT2D eigenvalue weighted by atomic mass is 16.5. The van der Waals surface area contributed by atoms with Crippen molar-refractivity contribution in [1.29, 1.82) is 0 Å². The topological polar surface area (TPSA) is 141 Å². The molecule has 12 heteroatoms. The molecule has 2 unspecified atom stereocenters. The molecule has 1 aromatic rings. The van der Waals surface area contributed by atoms with Gasteiger partial charge in [0.1, 0.15) is 0 Å². The molecule has 1 heterocycles. The highest BCUT2D eigenvalue weighted by Gasteiger charge is 2.42. The van der Waals surface area contributed by atoms with Gasteiger partial charge in [-0.3, -0.25) is 24.1 Å². The van der Waals surface area contributed by atoms with Crippen molar-refractivity contribution in [3.63, 3.8) is 0 Å². The van der Waals surface area contributed by atoms with Crippen molar-refractivity contribution >= 4 is 23.6 Å². The number of carbonyl (C=O) groups is 4. The number of amides is 4. The highest BCUT2D eigenvalue weighted by Crippen LogP contribution is 2.29. The molecule has 4 amide bonds. The van der Waals surface area contributed by atoms with Crippen LogP contribution in [0.3, 0.4) is 0 Å². The number of likely N-dealkylation sites (N-methyl/N-ethyl adjacent to an activating group) is 2. The molecular formula is C38H65N5O7. The molecule has 2 rings (SSSR count). The van der Waals surface area contributed by atoms with Crippen molar-refractivity contribution < 1.29 is 33.8 Å². The zero-order chi connectivity index (χ0) is 37.9. The SMILES string of the molecule is CCC(C)[C@@H](C(CC(=O)N1CCC[C@H]1[C@H](OC)[C@@H](C)C(=O)N[C@H](C)[C@@H](O)c1ccc(C)cc1)OC)N(C)C(=O)CNC(=O)[C@H](C(C)C)N(C)C. The van der Waals surface area contributed by atoms with Gasteiger partial charge in [-0.2, -0.15) is 0 Å². The molecule has 1 aromatic carbocycles. The van der Waals surface area contributed by atoms with Crippen LogP contribution in [0.15, 0.2) is 24.3 Å². The molecule has 9 atom stereocenters. The predicted octanol–water partition coefficient (Wildman–Crippen LogP) is 3.16. The number of methoxy groups -OCH3 is 2. The first kappa shape index (κ1) is 43.1. The highest BCUT2D eigenvalue weighted by molar-refractivity contribution is 5.87. The molecule has 0 bridgehead atoms. The first-order valence-electron chi connectivity index (χ1n) is 18.1. The van der Waals surface area contributed by atoms with Crippen molar-refractivity contribution in [1.82, 2.24) is 25.3 Å². The van der Waals surface area contributed by atoms with E-state index < -0.39 is 36.3 Å². The van der Waals surface area contributed by atoms with Crippen LogP contribution in [-0.2, 0) is 28.7 Å². The normalized spacial score (nSPS) is 19.7. The van der Waals surface area contributed by atoms with E-state index in [9.17, 15) is 24.3 Å². The Labute approximate surface area is 300 Å². The van der Waals surface area contributed by atoms with E-state index in [2.05, 4.69) is 10.6 Å². The van der Waals surface area contributed by atoms with Crippen molar-refractivity contribution in [3.05, 3.63) is 35.4 Å². The molecule has 0 saturated carbocycles. The van der Waals surface area contributed by atoms with Gasteiger partial charge in [-0.15, -0.1) is 0 Å². The zero-order valence-electron chi connectivity index (χ0n) is 32.6. The molecule has 1 saturated heterocycles. The maximum atomic E-state index is 14.0. The number of aliphatic hydroxyl groups excluding tert-OH is 1. The van der Waals surface area contributed by atoms with Gasteiger partial charge in [-0.1, -0.05) is 70.9 Å². The van der Waals surface area contributed by atoms with Crippen LogP contribution in [0, 0.1) is 24.7 Å². The van der Waals surface area contributed by atoms with Crippen LogP contribution in [-0.4, -0.2) is 128 Å². The van der Waals surface area contributed by atoms with Crippen LogP contribution < -0.4 is 10.6 Å². The van der Waals surface area contributed by atoms with E-state index in [-0.39, 0.29) is 60.5 Å². The van der Waals surface area contributed by atoms with Crippen LogP contribution in [0.1, 0.15) is 84.5 Å². The summed E-state index contributed by atoms with van der Waals surface area (Å²) in [5, 5.41) is 16.6. The second kappa shape index (κ2) is 20.1. The van der Waals surface area contributed by atoms with Gasteiger partial charge in [0.25, 0.3) is 0 Å². The summed E-state index contributed by atoms with van der Waals surface area (Å²) in [6, 6.07) is 5.90. The number of aryl methyl sites for hydroxylation is 1. The van der Waals surface area contributed by atoms with Crippen molar-refractivity contribution in [2.75, 3.05) is 48.5 Å². The Hall–Kier alpha value is -3.06. The summed E-state index contributed by atoms with van der Waals surface area (Å²) in [5.41, 5.74) is 1.80. The Bertz CT molecular complexity index is 1230. The summed E-state index contributed by atoms with van der Waals surface area (Å²) in [6.45, 7) is 13.9. The van der Waals surface area contributed by atoms with Gasteiger partial charge >= 0.3 is 0 Å². The third-order valence-corrected chi connectivity index (χ3v) is 10.4. The third kappa shape index (κ3) is 11.2. The largest absolute Gasteiger partial charge is 0.386 e. The molecule has 0 spiro atoms. The van der Waals surface area contributed by atoms with E-state index in [1.165, 1.54) is 0 Å². The maximum absolute atomic E-state index is 14.0. The average Bonchev–Trinajstić information content (AvgIpc) is 3.56. The van der Waals surface area contributed by atoms with Crippen LogP contribution in [0.2, 0.25) is 0 Å². The Morgan fingerprint density at radius 2 is 1.60 bits per heavy atom. The Kier molecular flexibility index (Phi) is 17.3. The van der Waals surface area contributed by atoms with E-state index >= 15 is 0 Å². The van der Waals surface area contributed by atoms with E-state index in [1.807, 2.05) is 77.9 Å². The quantitative estimate of drug-likeness (QED) is 0.200. The lowest BCUT2D eigenvalue weighted by Crippen LogP contribution is -2.55. The van der Waals surface area contributed by atoms with Crippen molar-refractivity contribution in [2.24, 2.45) is 17.8 Å². The predicted molar refractivity (Wildman–Crippen MR) is 195 cm³/mol. The number of ether oxygens (including phenoxy) is 2. The van der Waals surface area contributed by atoms with Gasteiger partial charge in [0.15, 0.2) is 0 Å². The van der Waals surface area contributed by atoms with Gasteiger partial charge in [0, 0.05) is 27.8 Å². The number of benzene rings is 1.